The number of aromatic amines is 1. The molecular formula is C14H16N4OS. The molecule has 1 atom stereocenters. The van der Waals surface area contributed by atoms with E-state index in [1.807, 2.05) is 43.8 Å². The van der Waals surface area contributed by atoms with Crippen molar-refractivity contribution in [2.24, 2.45) is 4.99 Å². The average Bonchev–Trinajstić information content (AvgIpc) is 2.76. The average molecular weight is 288 g/mol. The van der Waals surface area contributed by atoms with Gasteiger partial charge in [0.15, 0.2) is 5.82 Å². The Labute approximate surface area is 121 Å². The van der Waals surface area contributed by atoms with E-state index in [2.05, 4.69) is 15.1 Å². The van der Waals surface area contributed by atoms with Gasteiger partial charge in [-0.3, -0.25) is 19.6 Å². The van der Waals surface area contributed by atoms with Crippen LogP contribution >= 0.6 is 11.8 Å². The van der Waals surface area contributed by atoms with Crippen molar-refractivity contribution < 1.29 is 0 Å². The summed E-state index contributed by atoms with van der Waals surface area (Å²) < 4.78 is 1.84. The van der Waals surface area contributed by atoms with E-state index >= 15 is 0 Å². The zero-order chi connectivity index (χ0) is 14.3. The molecule has 0 saturated carbocycles. The highest BCUT2D eigenvalue weighted by Gasteiger charge is 2.30. The van der Waals surface area contributed by atoms with Gasteiger partial charge in [0.2, 0.25) is 0 Å². The van der Waals surface area contributed by atoms with E-state index < -0.39 is 0 Å². The lowest BCUT2D eigenvalue weighted by molar-refractivity contribution is 0.533. The second-order valence-electron chi connectivity index (χ2n) is 5.06. The quantitative estimate of drug-likeness (QED) is 0.923. The molecule has 0 saturated heterocycles. The summed E-state index contributed by atoms with van der Waals surface area (Å²) in [6.07, 6.45) is 3.55. The third-order valence-corrected chi connectivity index (χ3v) is 4.43. The Morgan fingerprint density at radius 3 is 2.90 bits per heavy atom. The van der Waals surface area contributed by atoms with Gasteiger partial charge in [-0.05, 0) is 32.4 Å². The SMILES string of the molecule is CC1=Nc2c(c(=O)[nH]n2C(C)C)[C@H](c2cccnc2)S1. The second kappa shape index (κ2) is 4.94. The van der Waals surface area contributed by atoms with E-state index in [4.69, 9.17) is 0 Å². The van der Waals surface area contributed by atoms with Gasteiger partial charge in [0.1, 0.15) is 0 Å². The minimum Gasteiger partial charge on any atom is -0.268 e. The maximum absolute atomic E-state index is 12.3. The third-order valence-electron chi connectivity index (χ3n) is 3.25. The smallest absolute Gasteiger partial charge is 0.268 e. The summed E-state index contributed by atoms with van der Waals surface area (Å²) in [5.74, 6) is 0.745. The Morgan fingerprint density at radius 2 is 2.25 bits per heavy atom. The first-order valence-electron chi connectivity index (χ1n) is 6.54. The number of rotatable bonds is 2. The summed E-state index contributed by atoms with van der Waals surface area (Å²) >= 11 is 1.60. The number of fused-ring (bicyclic) bond motifs is 1. The summed E-state index contributed by atoms with van der Waals surface area (Å²) in [4.78, 5) is 21.0. The van der Waals surface area contributed by atoms with Gasteiger partial charge >= 0.3 is 0 Å². The first-order valence-corrected chi connectivity index (χ1v) is 7.42. The first-order chi connectivity index (χ1) is 9.58. The molecule has 2 aromatic heterocycles. The Bertz CT molecular complexity index is 715. The number of thioether (sulfide) groups is 1. The van der Waals surface area contributed by atoms with Gasteiger partial charge in [-0.15, -0.1) is 0 Å². The van der Waals surface area contributed by atoms with Gasteiger partial charge in [-0.1, -0.05) is 17.8 Å². The van der Waals surface area contributed by atoms with Gasteiger partial charge in [-0.2, -0.15) is 0 Å². The Hall–Kier alpha value is -1.82. The molecule has 1 aliphatic rings. The van der Waals surface area contributed by atoms with Crippen molar-refractivity contribution in [3.05, 3.63) is 46.0 Å². The molecule has 104 valence electrons. The van der Waals surface area contributed by atoms with Crippen LogP contribution in [0.3, 0.4) is 0 Å². The van der Waals surface area contributed by atoms with Crippen LogP contribution in [0.4, 0.5) is 5.82 Å². The predicted octanol–water partition coefficient (Wildman–Crippen LogP) is 3.04. The van der Waals surface area contributed by atoms with Crippen molar-refractivity contribution in [2.45, 2.75) is 32.1 Å². The molecule has 0 aliphatic carbocycles. The van der Waals surface area contributed by atoms with E-state index in [0.717, 1.165) is 22.0 Å². The number of pyridine rings is 1. The van der Waals surface area contributed by atoms with E-state index in [-0.39, 0.29) is 16.9 Å². The molecule has 5 nitrogen and oxygen atoms in total. The summed E-state index contributed by atoms with van der Waals surface area (Å²) in [6.45, 7) is 6.03. The van der Waals surface area contributed by atoms with E-state index in [1.165, 1.54) is 0 Å². The van der Waals surface area contributed by atoms with Crippen molar-refractivity contribution in [3.63, 3.8) is 0 Å². The largest absolute Gasteiger partial charge is 0.271 e. The van der Waals surface area contributed by atoms with Crippen LogP contribution in [0.2, 0.25) is 0 Å². The van der Waals surface area contributed by atoms with E-state index in [9.17, 15) is 4.79 Å². The molecular weight excluding hydrogens is 272 g/mol. The van der Waals surface area contributed by atoms with Crippen molar-refractivity contribution in [1.82, 2.24) is 14.8 Å². The molecule has 2 aromatic rings. The highest BCUT2D eigenvalue weighted by atomic mass is 32.2. The number of hydrogen-bond acceptors (Lipinski definition) is 4. The summed E-state index contributed by atoms with van der Waals surface area (Å²) in [5.41, 5.74) is 1.69. The first kappa shape index (κ1) is 13.2. The Kier molecular flexibility index (Phi) is 3.25. The van der Waals surface area contributed by atoms with Crippen molar-refractivity contribution in [1.29, 1.82) is 0 Å². The van der Waals surface area contributed by atoms with E-state index in [0.29, 0.717) is 0 Å². The fraction of sp³-hybridized carbons (Fsp3) is 0.357. The molecule has 3 heterocycles. The maximum atomic E-state index is 12.3. The lowest BCUT2D eigenvalue weighted by Crippen LogP contribution is -2.13. The summed E-state index contributed by atoms with van der Waals surface area (Å²) in [5, 5.41) is 3.81. The van der Waals surface area contributed by atoms with Crippen molar-refractivity contribution in [3.8, 4) is 0 Å². The summed E-state index contributed by atoms with van der Waals surface area (Å²) in [7, 11) is 0. The molecule has 0 bridgehead atoms. The van der Waals surface area contributed by atoms with Gasteiger partial charge in [0, 0.05) is 18.4 Å². The number of aliphatic imine (C=N–C) groups is 1. The molecule has 0 spiro atoms. The molecule has 1 aliphatic heterocycles. The van der Waals surface area contributed by atoms with Gasteiger partial charge in [-0.25, -0.2) is 4.99 Å². The number of H-pyrrole nitrogens is 1. The molecule has 3 rings (SSSR count). The van der Waals surface area contributed by atoms with Crippen LogP contribution in [-0.2, 0) is 0 Å². The molecule has 1 N–H and O–H groups in total. The second-order valence-corrected chi connectivity index (χ2v) is 6.35. The van der Waals surface area contributed by atoms with E-state index in [1.54, 1.807) is 18.0 Å². The van der Waals surface area contributed by atoms with Crippen LogP contribution in [-0.4, -0.2) is 19.8 Å². The monoisotopic (exact) mass is 288 g/mol. The Morgan fingerprint density at radius 1 is 1.45 bits per heavy atom. The molecule has 0 amide bonds. The molecule has 0 unspecified atom stereocenters. The van der Waals surface area contributed by atoms with Crippen molar-refractivity contribution >= 4 is 22.6 Å². The van der Waals surface area contributed by atoms with Crippen LogP contribution in [0.5, 0.6) is 0 Å². The highest BCUT2D eigenvalue weighted by Crippen LogP contribution is 2.43. The van der Waals surface area contributed by atoms with Gasteiger partial charge < -0.3 is 0 Å². The van der Waals surface area contributed by atoms with Crippen LogP contribution in [0.15, 0.2) is 34.3 Å². The number of hydrogen-bond donors (Lipinski definition) is 1. The number of nitrogens with one attached hydrogen (secondary N) is 1. The van der Waals surface area contributed by atoms with Crippen molar-refractivity contribution in [2.75, 3.05) is 0 Å². The minimum absolute atomic E-state index is 0.0417. The molecule has 20 heavy (non-hydrogen) atoms. The molecule has 6 heteroatoms. The maximum Gasteiger partial charge on any atom is 0.271 e. The third kappa shape index (κ3) is 2.10. The zero-order valence-corrected chi connectivity index (χ0v) is 12.4. The predicted molar refractivity (Wildman–Crippen MR) is 81.9 cm³/mol. The topological polar surface area (TPSA) is 63.0 Å². The minimum atomic E-state index is -0.0636. The van der Waals surface area contributed by atoms with Gasteiger partial charge in [0.05, 0.1) is 15.9 Å². The van der Waals surface area contributed by atoms with Crippen LogP contribution in [0, 0.1) is 0 Å². The lowest BCUT2D eigenvalue weighted by atomic mass is 10.1. The lowest BCUT2D eigenvalue weighted by Gasteiger charge is -2.21. The van der Waals surface area contributed by atoms with Crippen LogP contribution in [0.1, 0.15) is 43.2 Å². The number of nitrogens with zero attached hydrogens (tertiary/aromatic N) is 3. The highest BCUT2D eigenvalue weighted by molar-refractivity contribution is 8.14. The summed E-state index contributed by atoms with van der Waals surface area (Å²) in [6, 6.07) is 4.06. The van der Waals surface area contributed by atoms with Crippen LogP contribution in [0.25, 0.3) is 0 Å². The van der Waals surface area contributed by atoms with Crippen LogP contribution < -0.4 is 5.56 Å². The standard InChI is InChI=1S/C14H16N4OS/c1-8(2)18-13-11(14(19)17-18)12(20-9(3)16-13)10-5-4-6-15-7-10/h4-8,12H,1-3H3,(H,17,19)/t12-/m0/s1. The fourth-order valence-electron chi connectivity index (χ4n) is 2.35. The molecule has 0 fully saturated rings. The molecule has 0 radical (unpaired) electrons. The number of aromatic nitrogens is 3. The molecule has 0 aromatic carbocycles. The normalized spacial score (nSPS) is 18.0. The zero-order valence-electron chi connectivity index (χ0n) is 11.6. The van der Waals surface area contributed by atoms with Gasteiger partial charge in [0.25, 0.3) is 5.56 Å². The fourth-order valence-corrected chi connectivity index (χ4v) is 3.43. The Balaban J connectivity index is 2.20.